The lowest BCUT2D eigenvalue weighted by atomic mass is 10.1. The maximum atomic E-state index is 11.9. The largest absolute Gasteiger partial charge is 0.459 e. The minimum Gasteiger partial charge on any atom is -0.459 e. The molecule has 0 fully saturated rings. The van der Waals surface area contributed by atoms with Crippen molar-refractivity contribution in [1.29, 1.82) is 0 Å². The average molecular weight is 265 g/mol. The molecule has 2 aromatic rings. The molecule has 0 atom stereocenters. The van der Waals surface area contributed by atoms with Crippen LogP contribution in [0.1, 0.15) is 35.0 Å². The SMILES string of the molecule is Cc1ccoc1C(=O)Nc1nnc(CC(C)C)s1. The average Bonchev–Trinajstić information content (AvgIpc) is 2.87. The number of furan rings is 1. The van der Waals surface area contributed by atoms with Gasteiger partial charge in [0, 0.05) is 12.0 Å². The first-order chi connectivity index (χ1) is 8.56. The fourth-order valence-corrected chi connectivity index (χ4v) is 2.44. The fraction of sp³-hybridized carbons (Fsp3) is 0.417. The van der Waals surface area contributed by atoms with Crippen LogP contribution in [0.15, 0.2) is 16.7 Å². The van der Waals surface area contributed by atoms with Crippen molar-refractivity contribution in [2.45, 2.75) is 27.2 Å². The Balaban J connectivity index is 2.04. The van der Waals surface area contributed by atoms with Gasteiger partial charge in [0.05, 0.1) is 6.26 Å². The Morgan fingerprint density at radius 1 is 1.50 bits per heavy atom. The number of aromatic nitrogens is 2. The highest BCUT2D eigenvalue weighted by molar-refractivity contribution is 7.15. The molecule has 2 rings (SSSR count). The summed E-state index contributed by atoms with van der Waals surface area (Å²) in [4.78, 5) is 11.9. The van der Waals surface area contributed by atoms with Crippen LogP contribution in [0.25, 0.3) is 0 Å². The maximum absolute atomic E-state index is 11.9. The third kappa shape index (κ3) is 2.95. The zero-order valence-electron chi connectivity index (χ0n) is 10.6. The number of aryl methyl sites for hydroxylation is 1. The third-order valence-electron chi connectivity index (χ3n) is 2.34. The molecule has 0 spiro atoms. The Labute approximate surface area is 109 Å². The maximum Gasteiger partial charge on any atom is 0.293 e. The molecule has 0 aromatic carbocycles. The molecule has 0 bridgehead atoms. The van der Waals surface area contributed by atoms with Crippen LogP contribution in [0.3, 0.4) is 0 Å². The molecule has 0 saturated heterocycles. The lowest BCUT2D eigenvalue weighted by Gasteiger charge is -1.99. The second-order valence-electron chi connectivity index (χ2n) is 4.49. The van der Waals surface area contributed by atoms with E-state index in [-0.39, 0.29) is 5.91 Å². The fourth-order valence-electron chi connectivity index (χ4n) is 1.50. The summed E-state index contributed by atoms with van der Waals surface area (Å²) in [6.07, 6.45) is 2.36. The van der Waals surface area contributed by atoms with Gasteiger partial charge < -0.3 is 4.42 Å². The van der Waals surface area contributed by atoms with Crippen LogP contribution in [0.5, 0.6) is 0 Å². The summed E-state index contributed by atoms with van der Waals surface area (Å²) >= 11 is 1.40. The molecule has 0 aliphatic heterocycles. The van der Waals surface area contributed by atoms with Gasteiger partial charge in [-0.15, -0.1) is 10.2 Å². The first-order valence-corrected chi connectivity index (χ1v) is 6.55. The molecule has 0 saturated carbocycles. The number of nitrogens with one attached hydrogen (secondary N) is 1. The third-order valence-corrected chi connectivity index (χ3v) is 3.20. The van der Waals surface area contributed by atoms with Crippen LogP contribution in [-0.4, -0.2) is 16.1 Å². The predicted molar refractivity (Wildman–Crippen MR) is 69.8 cm³/mol. The molecule has 1 N–H and O–H groups in total. The van der Waals surface area contributed by atoms with E-state index in [4.69, 9.17) is 4.42 Å². The number of hydrogen-bond acceptors (Lipinski definition) is 5. The van der Waals surface area contributed by atoms with Crippen molar-refractivity contribution in [3.8, 4) is 0 Å². The summed E-state index contributed by atoms with van der Waals surface area (Å²) in [5, 5.41) is 12.1. The number of anilines is 1. The van der Waals surface area contributed by atoms with E-state index in [0.29, 0.717) is 16.8 Å². The van der Waals surface area contributed by atoms with Crippen molar-refractivity contribution < 1.29 is 9.21 Å². The number of amides is 1. The van der Waals surface area contributed by atoms with E-state index in [0.717, 1.165) is 17.0 Å². The number of carbonyl (C=O) groups excluding carboxylic acids is 1. The molecule has 96 valence electrons. The topological polar surface area (TPSA) is 68.0 Å². The highest BCUT2D eigenvalue weighted by atomic mass is 32.1. The van der Waals surface area contributed by atoms with Crippen LogP contribution < -0.4 is 5.32 Å². The van der Waals surface area contributed by atoms with Crippen molar-refractivity contribution >= 4 is 22.4 Å². The van der Waals surface area contributed by atoms with E-state index in [1.165, 1.54) is 17.6 Å². The van der Waals surface area contributed by atoms with Gasteiger partial charge in [-0.1, -0.05) is 25.2 Å². The van der Waals surface area contributed by atoms with Crippen LogP contribution in [0.4, 0.5) is 5.13 Å². The highest BCUT2D eigenvalue weighted by Gasteiger charge is 2.15. The van der Waals surface area contributed by atoms with Gasteiger partial charge in [0.2, 0.25) is 5.13 Å². The van der Waals surface area contributed by atoms with E-state index in [9.17, 15) is 4.79 Å². The van der Waals surface area contributed by atoms with Gasteiger partial charge in [0.15, 0.2) is 5.76 Å². The van der Waals surface area contributed by atoms with E-state index in [2.05, 4.69) is 29.4 Å². The lowest BCUT2D eigenvalue weighted by molar-refractivity contribution is 0.0996. The number of rotatable bonds is 4. The summed E-state index contributed by atoms with van der Waals surface area (Å²) in [5.74, 6) is 0.550. The summed E-state index contributed by atoms with van der Waals surface area (Å²) in [5.41, 5.74) is 0.805. The van der Waals surface area contributed by atoms with E-state index >= 15 is 0 Å². The number of carbonyl (C=O) groups is 1. The Kier molecular flexibility index (Phi) is 3.76. The molecule has 1 amide bonds. The molecule has 18 heavy (non-hydrogen) atoms. The number of hydrogen-bond donors (Lipinski definition) is 1. The van der Waals surface area contributed by atoms with E-state index in [1.807, 2.05) is 6.92 Å². The Bertz CT molecular complexity index is 545. The quantitative estimate of drug-likeness (QED) is 0.923. The standard InChI is InChI=1S/C12H15N3O2S/c1-7(2)6-9-14-15-12(18-9)13-11(16)10-8(3)4-5-17-10/h4-5,7H,6H2,1-3H3,(H,13,15,16). The molecule has 0 aliphatic carbocycles. The van der Waals surface area contributed by atoms with Gasteiger partial charge in [-0.3, -0.25) is 10.1 Å². The van der Waals surface area contributed by atoms with Crippen LogP contribution in [0, 0.1) is 12.8 Å². The summed E-state index contributed by atoms with van der Waals surface area (Å²) in [6, 6.07) is 1.75. The van der Waals surface area contributed by atoms with Crippen molar-refractivity contribution in [2.24, 2.45) is 5.92 Å². The molecule has 0 unspecified atom stereocenters. The van der Waals surface area contributed by atoms with Crippen LogP contribution >= 0.6 is 11.3 Å². The second-order valence-corrected chi connectivity index (χ2v) is 5.55. The molecular weight excluding hydrogens is 250 g/mol. The van der Waals surface area contributed by atoms with Crippen molar-refractivity contribution in [3.05, 3.63) is 28.7 Å². The van der Waals surface area contributed by atoms with Gasteiger partial charge in [-0.25, -0.2) is 0 Å². The Morgan fingerprint density at radius 3 is 2.89 bits per heavy atom. The Hall–Kier alpha value is -1.69. The smallest absolute Gasteiger partial charge is 0.293 e. The molecule has 5 nitrogen and oxygen atoms in total. The summed E-state index contributed by atoms with van der Waals surface area (Å²) in [7, 11) is 0. The molecule has 0 aliphatic rings. The minimum atomic E-state index is -0.287. The Morgan fingerprint density at radius 2 is 2.28 bits per heavy atom. The zero-order chi connectivity index (χ0) is 13.1. The molecule has 2 aromatic heterocycles. The van der Waals surface area contributed by atoms with Gasteiger partial charge >= 0.3 is 0 Å². The normalized spacial score (nSPS) is 10.9. The van der Waals surface area contributed by atoms with Gasteiger partial charge in [0.1, 0.15) is 5.01 Å². The van der Waals surface area contributed by atoms with Gasteiger partial charge in [0.25, 0.3) is 5.91 Å². The van der Waals surface area contributed by atoms with Gasteiger partial charge in [-0.05, 0) is 18.9 Å². The summed E-state index contributed by atoms with van der Waals surface area (Å²) in [6.45, 7) is 6.06. The second kappa shape index (κ2) is 5.30. The molecule has 2 heterocycles. The van der Waals surface area contributed by atoms with E-state index < -0.39 is 0 Å². The molecule has 6 heteroatoms. The molecule has 0 radical (unpaired) electrons. The van der Waals surface area contributed by atoms with Gasteiger partial charge in [-0.2, -0.15) is 0 Å². The first-order valence-electron chi connectivity index (χ1n) is 5.74. The minimum absolute atomic E-state index is 0.287. The first kappa shape index (κ1) is 12.8. The van der Waals surface area contributed by atoms with E-state index in [1.54, 1.807) is 6.07 Å². The highest BCUT2D eigenvalue weighted by Crippen LogP contribution is 2.19. The van der Waals surface area contributed by atoms with Crippen LogP contribution in [-0.2, 0) is 6.42 Å². The molecular formula is C12H15N3O2S. The monoisotopic (exact) mass is 265 g/mol. The number of nitrogens with zero attached hydrogens (tertiary/aromatic N) is 2. The van der Waals surface area contributed by atoms with Crippen molar-refractivity contribution in [2.75, 3.05) is 5.32 Å². The van der Waals surface area contributed by atoms with Crippen molar-refractivity contribution in [1.82, 2.24) is 10.2 Å². The summed E-state index contributed by atoms with van der Waals surface area (Å²) < 4.78 is 5.11. The van der Waals surface area contributed by atoms with Crippen LogP contribution in [0.2, 0.25) is 0 Å². The predicted octanol–water partition coefficient (Wildman–Crippen LogP) is 2.89. The lowest BCUT2D eigenvalue weighted by Crippen LogP contribution is -2.11. The zero-order valence-corrected chi connectivity index (χ0v) is 11.4. The van der Waals surface area contributed by atoms with Crippen molar-refractivity contribution in [3.63, 3.8) is 0 Å².